The van der Waals surface area contributed by atoms with Crippen LogP contribution < -0.4 is 4.90 Å². The largest absolute Gasteiger partial charge is 0.465 e. The molecule has 0 aromatic heterocycles. The number of esters is 1. The van der Waals surface area contributed by atoms with Crippen molar-refractivity contribution in [2.45, 2.75) is 56.9 Å². The SMILES string of the molecule is CC[C@]12C=CCCOC(=O)[C@H]1[C@H]1C(=O)N([C@H](CO)c3ccccc3)C3C(=O)N(c4c(C)cccc4C)CC=C[C@@]31O2. The number of anilines is 1. The van der Waals surface area contributed by atoms with Gasteiger partial charge >= 0.3 is 5.97 Å². The fourth-order valence-electron chi connectivity index (χ4n) is 7.47. The van der Waals surface area contributed by atoms with E-state index in [1.165, 1.54) is 4.90 Å². The summed E-state index contributed by atoms with van der Waals surface area (Å²) in [6.45, 7) is 5.93. The number of aliphatic hydroxyl groups is 1. The van der Waals surface area contributed by atoms with Crippen molar-refractivity contribution in [3.05, 3.63) is 89.5 Å². The highest BCUT2D eigenvalue weighted by Crippen LogP contribution is 2.59. The molecule has 2 aromatic carbocycles. The molecule has 1 spiro atoms. The van der Waals surface area contributed by atoms with E-state index in [2.05, 4.69) is 0 Å². The van der Waals surface area contributed by atoms with E-state index in [-0.39, 0.29) is 19.1 Å². The number of rotatable bonds is 5. The summed E-state index contributed by atoms with van der Waals surface area (Å²) in [5.74, 6) is -3.15. The lowest BCUT2D eigenvalue weighted by Gasteiger charge is -2.41. The standard InChI is InChI=1S/C33H36N2O6/c1-4-32-16-8-9-19-40-31(39)26(32)25-29(37)35(24(20-36)23-14-6-5-7-15-23)28-30(38)34(18-11-17-33(25,28)41-32)27-21(2)12-10-13-22(27)3/h5-8,10-17,24-26,28,36H,4,9,18-20H2,1-3H3/t24-,25+,26-,28?,32+,33+/m1/s1. The van der Waals surface area contributed by atoms with Gasteiger partial charge in [-0.25, -0.2) is 0 Å². The Labute approximate surface area is 240 Å². The van der Waals surface area contributed by atoms with Gasteiger partial charge in [-0.15, -0.1) is 0 Å². The molecule has 41 heavy (non-hydrogen) atoms. The average Bonchev–Trinajstić information content (AvgIpc) is 3.31. The summed E-state index contributed by atoms with van der Waals surface area (Å²) in [7, 11) is 0. The molecular weight excluding hydrogens is 520 g/mol. The highest BCUT2D eigenvalue weighted by molar-refractivity contribution is 6.06. The summed E-state index contributed by atoms with van der Waals surface area (Å²) in [5, 5.41) is 10.7. The molecule has 1 unspecified atom stereocenters. The van der Waals surface area contributed by atoms with E-state index in [1.807, 2.05) is 93.6 Å². The highest BCUT2D eigenvalue weighted by Gasteiger charge is 2.76. The number of benzene rings is 2. The topological polar surface area (TPSA) is 96.4 Å². The highest BCUT2D eigenvalue weighted by atomic mass is 16.6. The first-order chi connectivity index (χ1) is 19.8. The number of hydrogen-bond acceptors (Lipinski definition) is 6. The first kappa shape index (κ1) is 27.4. The smallest absolute Gasteiger partial charge is 0.313 e. The van der Waals surface area contributed by atoms with Crippen molar-refractivity contribution >= 4 is 23.5 Å². The van der Waals surface area contributed by atoms with Crippen molar-refractivity contribution in [3.63, 3.8) is 0 Å². The predicted molar refractivity (Wildman–Crippen MR) is 153 cm³/mol. The van der Waals surface area contributed by atoms with Crippen LogP contribution in [0.3, 0.4) is 0 Å². The van der Waals surface area contributed by atoms with Gasteiger partial charge < -0.3 is 24.4 Å². The second kappa shape index (κ2) is 10.3. The van der Waals surface area contributed by atoms with Crippen LogP contribution in [0.4, 0.5) is 5.69 Å². The van der Waals surface area contributed by atoms with Crippen LogP contribution in [0, 0.1) is 25.7 Å². The predicted octanol–water partition coefficient (Wildman–Crippen LogP) is 3.80. The molecule has 4 aliphatic rings. The van der Waals surface area contributed by atoms with Crippen LogP contribution in [0.1, 0.15) is 42.5 Å². The summed E-state index contributed by atoms with van der Waals surface area (Å²) in [6, 6.07) is 13.1. The Bertz CT molecular complexity index is 1420. The molecule has 1 N–H and O–H groups in total. The van der Waals surface area contributed by atoms with Crippen LogP contribution in [-0.2, 0) is 23.9 Å². The minimum atomic E-state index is -1.43. The van der Waals surface area contributed by atoms with Crippen LogP contribution >= 0.6 is 0 Å². The van der Waals surface area contributed by atoms with Gasteiger partial charge in [-0.05, 0) is 43.4 Å². The third kappa shape index (κ3) is 3.99. The van der Waals surface area contributed by atoms with Crippen LogP contribution in [0.15, 0.2) is 72.8 Å². The Balaban J connectivity index is 1.58. The van der Waals surface area contributed by atoms with Gasteiger partial charge in [-0.2, -0.15) is 0 Å². The normalized spacial score (nSPS) is 31.6. The molecule has 2 amide bonds. The zero-order valence-corrected chi connectivity index (χ0v) is 23.7. The molecule has 2 aromatic rings. The molecule has 0 radical (unpaired) electrons. The molecule has 0 bridgehead atoms. The van der Waals surface area contributed by atoms with Crippen LogP contribution in [0.25, 0.3) is 0 Å². The van der Waals surface area contributed by atoms with Crippen molar-refractivity contribution in [2.75, 3.05) is 24.7 Å². The maximum atomic E-state index is 14.9. The van der Waals surface area contributed by atoms with E-state index in [4.69, 9.17) is 9.47 Å². The van der Waals surface area contributed by atoms with Crippen molar-refractivity contribution in [1.82, 2.24) is 4.90 Å². The molecule has 4 aliphatic heterocycles. The molecule has 8 heteroatoms. The monoisotopic (exact) mass is 556 g/mol. The van der Waals surface area contributed by atoms with Gasteiger partial charge in [0.15, 0.2) is 0 Å². The summed E-state index contributed by atoms with van der Waals surface area (Å²) in [5.41, 5.74) is 0.798. The molecule has 0 saturated carbocycles. The number of fused-ring (bicyclic) bond motifs is 2. The maximum absolute atomic E-state index is 14.9. The number of hydrogen-bond donors (Lipinski definition) is 1. The number of para-hydroxylation sites is 1. The first-order valence-electron chi connectivity index (χ1n) is 14.4. The summed E-state index contributed by atoms with van der Waals surface area (Å²) in [6.07, 6.45) is 8.50. The number of likely N-dealkylation sites (tertiary alicyclic amines) is 1. The number of carbonyl (C=O) groups is 3. The van der Waals surface area contributed by atoms with E-state index >= 15 is 0 Å². The number of aliphatic hydroxyl groups excluding tert-OH is 1. The first-order valence-corrected chi connectivity index (χ1v) is 14.4. The van der Waals surface area contributed by atoms with Gasteiger partial charge in [0.05, 0.1) is 25.2 Å². The number of ether oxygens (including phenoxy) is 2. The van der Waals surface area contributed by atoms with Crippen molar-refractivity contribution in [3.8, 4) is 0 Å². The zero-order chi connectivity index (χ0) is 28.9. The second-order valence-corrected chi connectivity index (χ2v) is 11.4. The molecule has 2 saturated heterocycles. The quantitative estimate of drug-likeness (QED) is 0.445. The lowest BCUT2D eigenvalue weighted by atomic mass is 9.73. The minimum absolute atomic E-state index is 0.213. The van der Waals surface area contributed by atoms with E-state index in [9.17, 15) is 19.5 Å². The Morgan fingerprint density at radius 3 is 2.37 bits per heavy atom. The van der Waals surface area contributed by atoms with Gasteiger partial charge in [0.1, 0.15) is 23.2 Å². The van der Waals surface area contributed by atoms with Crippen LogP contribution in [0.2, 0.25) is 0 Å². The van der Waals surface area contributed by atoms with E-state index < -0.39 is 53.6 Å². The second-order valence-electron chi connectivity index (χ2n) is 11.4. The Hall–Kier alpha value is -3.75. The molecule has 0 aliphatic carbocycles. The molecule has 2 fully saturated rings. The summed E-state index contributed by atoms with van der Waals surface area (Å²) in [4.78, 5) is 46.4. The maximum Gasteiger partial charge on any atom is 0.313 e. The van der Waals surface area contributed by atoms with Gasteiger partial charge in [-0.1, -0.05) is 79.8 Å². The van der Waals surface area contributed by atoms with Crippen molar-refractivity contribution < 1.29 is 29.0 Å². The third-order valence-corrected chi connectivity index (χ3v) is 9.24. The lowest BCUT2D eigenvalue weighted by Crippen LogP contribution is -2.57. The summed E-state index contributed by atoms with van der Waals surface area (Å²) >= 11 is 0. The van der Waals surface area contributed by atoms with Gasteiger partial charge in [0.2, 0.25) is 5.91 Å². The Morgan fingerprint density at radius 1 is 0.951 bits per heavy atom. The van der Waals surface area contributed by atoms with Crippen LogP contribution in [0.5, 0.6) is 0 Å². The van der Waals surface area contributed by atoms with Crippen LogP contribution in [-0.4, -0.2) is 64.8 Å². The number of nitrogens with zero attached hydrogens (tertiary/aromatic N) is 2. The zero-order valence-electron chi connectivity index (χ0n) is 23.7. The van der Waals surface area contributed by atoms with E-state index in [0.29, 0.717) is 18.4 Å². The molecule has 6 atom stereocenters. The number of amides is 2. The number of carbonyl (C=O) groups excluding carboxylic acids is 3. The number of aryl methyl sites for hydroxylation is 2. The van der Waals surface area contributed by atoms with E-state index in [0.717, 1.165) is 16.8 Å². The molecule has 8 nitrogen and oxygen atoms in total. The fraction of sp³-hybridized carbons (Fsp3) is 0.424. The van der Waals surface area contributed by atoms with Crippen molar-refractivity contribution in [2.24, 2.45) is 11.8 Å². The van der Waals surface area contributed by atoms with Crippen molar-refractivity contribution in [1.29, 1.82) is 0 Å². The summed E-state index contributed by atoms with van der Waals surface area (Å²) < 4.78 is 12.6. The van der Waals surface area contributed by atoms with Gasteiger partial charge in [0, 0.05) is 12.2 Å². The molecular formula is C33H36N2O6. The molecule has 4 heterocycles. The third-order valence-electron chi connectivity index (χ3n) is 9.24. The lowest BCUT2D eigenvalue weighted by molar-refractivity contribution is -0.161. The van der Waals surface area contributed by atoms with E-state index in [1.54, 1.807) is 4.90 Å². The Kier molecular flexibility index (Phi) is 6.86. The molecule has 6 rings (SSSR count). The average molecular weight is 557 g/mol. The minimum Gasteiger partial charge on any atom is -0.465 e. The molecule has 214 valence electrons. The Morgan fingerprint density at radius 2 is 1.68 bits per heavy atom. The fourth-order valence-corrected chi connectivity index (χ4v) is 7.47. The number of cyclic esters (lactones) is 1. The van der Waals surface area contributed by atoms with Gasteiger partial charge in [-0.3, -0.25) is 14.4 Å². The van der Waals surface area contributed by atoms with Gasteiger partial charge in [0.25, 0.3) is 5.91 Å².